The molecule has 34 heavy (non-hydrogen) atoms. The van der Waals surface area contributed by atoms with Crippen LogP contribution in [0, 0.1) is 13.8 Å². The zero-order valence-corrected chi connectivity index (χ0v) is 20.0. The number of anilines is 2. The zero-order valence-electron chi connectivity index (χ0n) is 19.2. The molecular weight excluding hydrogens is 450 g/mol. The molecule has 174 valence electrons. The number of nitrogen functional groups attached to an aromatic ring is 1. The lowest BCUT2D eigenvalue weighted by Gasteiger charge is -2.20. The third-order valence-electron chi connectivity index (χ3n) is 5.68. The fraction of sp³-hybridized carbons (Fsp3) is 0.200. The topological polar surface area (TPSA) is 114 Å². The van der Waals surface area contributed by atoms with Gasteiger partial charge in [-0.2, -0.15) is 0 Å². The number of benzene rings is 2. The summed E-state index contributed by atoms with van der Waals surface area (Å²) in [6.45, 7) is 4.19. The van der Waals surface area contributed by atoms with Crippen molar-refractivity contribution in [3.8, 4) is 0 Å². The van der Waals surface area contributed by atoms with Crippen molar-refractivity contribution < 1.29 is 4.79 Å². The number of hydrogen-bond acceptors (Lipinski definition) is 6. The number of nitrogens with one attached hydrogen (secondary N) is 1. The first-order valence-corrected chi connectivity index (χ1v) is 11.7. The van der Waals surface area contributed by atoms with Gasteiger partial charge in [0.2, 0.25) is 5.91 Å². The Kier molecular flexibility index (Phi) is 6.56. The van der Waals surface area contributed by atoms with Crippen LogP contribution in [0.25, 0.3) is 10.9 Å². The highest BCUT2D eigenvalue weighted by Crippen LogP contribution is 2.26. The number of fused-ring (bicyclic) bond motifs is 1. The number of rotatable bonds is 6. The minimum atomic E-state index is -0.706. The van der Waals surface area contributed by atoms with Crippen molar-refractivity contribution in [2.24, 2.45) is 0 Å². The third kappa shape index (κ3) is 4.60. The van der Waals surface area contributed by atoms with E-state index in [1.54, 1.807) is 0 Å². The lowest BCUT2D eigenvalue weighted by molar-refractivity contribution is -0.115. The minimum Gasteiger partial charge on any atom is -0.383 e. The number of para-hydroxylation sites is 1. The number of carbonyl (C=O) groups is 1. The van der Waals surface area contributed by atoms with Crippen LogP contribution in [0.15, 0.2) is 69.2 Å². The van der Waals surface area contributed by atoms with E-state index in [0.717, 1.165) is 32.6 Å². The van der Waals surface area contributed by atoms with Gasteiger partial charge in [-0.25, -0.2) is 9.78 Å². The van der Waals surface area contributed by atoms with Crippen LogP contribution in [-0.4, -0.2) is 33.2 Å². The van der Waals surface area contributed by atoms with Gasteiger partial charge in [-0.1, -0.05) is 60.3 Å². The molecule has 0 aliphatic heterocycles. The van der Waals surface area contributed by atoms with Crippen molar-refractivity contribution in [2.45, 2.75) is 25.4 Å². The van der Waals surface area contributed by atoms with Gasteiger partial charge in [-0.05, 0) is 36.6 Å². The lowest BCUT2D eigenvalue weighted by Crippen LogP contribution is -2.40. The normalized spacial score (nSPS) is 11.0. The van der Waals surface area contributed by atoms with E-state index in [0.29, 0.717) is 0 Å². The highest BCUT2D eigenvalue weighted by molar-refractivity contribution is 7.99. The van der Waals surface area contributed by atoms with Gasteiger partial charge in [0, 0.05) is 12.4 Å². The molecule has 4 aromatic rings. The first-order valence-electron chi connectivity index (χ1n) is 10.7. The van der Waals surface area contributed by atoms with Crippen LogP contribution in [0.1, 0.15) is 16.7 Å². The van der Waals surface area contributed by atoms with E-state index >= 15 is 0 Å². The summed E-state index contributed by atoms with van der Waals surface area (Å²) in [6.07, 6.45) is 0. The number of thioether (sulfide) groups is 1. The van der Waals surface area contributed by atoms with Gasteiger partial charge in [0.25, 0.3) is 5.56 Å². The molecule has 0 spiro atoms. The smallest absolute Gasteiger partial charge is 0.330 e. The number of nitrogens with zero attached hydrogens (tertiary/aromatic N) is 3. The molecule has 0 atom stereocenters. The molecule has 4 rings (SSSR count). The Morgan fingerprint density at radius 2 is 1.82 bits per heavy atom. The van der Waals surface area contributed by atoms with Gasteiger partial charge in [0.05, 0.1) is 22.8 Å². The minimum absolute atomic E-state index is 0.0526. The molecule has 2 heterocycles. The highest BCUT2D eigenvalue weighted by Gasteiger charge is 2.21. The number of carbonyl (C=O) groups excluding carboxylic acids is 1. The Labute approximate surface area is 200 Å². The number of pyridine rings is 1. The Morgan fingerprint density at radius 3 is 2.56 bits per heavy atom. The molecule has 0 fully saturated rings. The molecule has 2 aromatic heterocycles. The predicted octanol–water partition coefficient (Wildman–Crippen LogP) is 3.09. The quantitative estimate of drug-likeness (QED) is 0.414. The van der Waals surface area contributed by atoms with Gasteiger partial charge in [0.1, 0.15) is 5.82 Å². The standard InChI is InChI=1S/C25H25N5O3S/c1-15-8-7-11-18-16(2)12-19(27-21(15)18)34-14-20(31)29(3)22-23(26)30(25(33)28-24(22)32)13-17-9-5-4-6-10-17/h4-12H,13-14,26H2,1-3H3,(H,28,32,33). The molecule has 0 saturated carbocycles. The van der Waals surface area contributed by atoms with E-state index in [1.807, 2.05) is 68.4 Å². The molecule has 9 heteroatoms. The number of aromatic nitrogens is 3. The number of amides is 1. The van der Waals surface area contributed by atoms with Crippen LogP contribution in [0.4, 0.5) is 11.5 Å². The molecule has 0 unspecified atom stereocenters. The van der Waals surface area contributed by atoms with Crippen molar-refractivity contribution >= 4 is 40.1 Å². The highest BCUT2D eigenvalue weighted by atomic mass is 32.2. The van der Waals surface area contributed by atoms with Gasteiger partial charge in [-0.3, -0.25) is 19.1 Å². The maximum absolute atomic E-state index is 13.0. The molecule has 8 nitrogen and oxygen atoms in total. The molecule has 3 N–H and O–H groups in total. The van der Waals surface area contributed by atoms with E-state index in [4.69, 9.17) is 10.7 Å². The lowest BCUT2D eigenvalue weighted by atomic mass is 10.1. The fourth-order valence-electron chi connectivity index (χ4n) is 3.79. The van der Waals surface area contributed by atoms with E-state index in [2.05, 4.69) is 4.98 Å². The number of hydrogen-bond donors (Lipinski definition) is 2. The Balaban J connectivity index is 1.58. The van der Waals surface area contributed by atoms with Gasteiger partial charge >= 0.3 is 5.69 Å². The number of aryl methyl sites for hydroxylation is 2. The fourth-order valence-corrected chi connectivity index (χ4v) is 4.67. The van der Waals surface area contributed by atoms with Crippen molar-refractivity contribution in [2.75, 3.05) is 23.4 Å². The zero-order chi connectivity index (χ0) is 24.4. The Bertz CT molecular complexity index is 1490. The number of H-pyrrole nitrogens is 1. The Morgan fingerprint density at radius 1 is 1.09 bits per heavy atom. The predicted molar refractivity (Wildman–Crippen MR) is 137 cm³/mol. The van der Waals surface area contributed by atoms with Crippen molar-refractivity contribution in [3.63, 3.8) is 0 Å². The van der Waals surface area contributed by atoms with E-state index < -0.39 is 11.2 Å². The monoisotopic (exact) mass is 475 g/mol. The molecule has 0 aliphatic rings. The molecule has 0 radical (unpaired) electrons. The van der Waals surface area contributed by atoms with Crippen LogP contribution >= 0.6 is 11.8 Å². The SMILES string of the molecule is Cc1cc(SCC(=O)N(C)c2c(N)n(Cc3ccccc3)c(=O)[nH]c2=O)nc2c(C)cccc12. The van der Waals surface area contributed by atoms with Gasteiger partial charge in [-0.15, -0.1) is 0 Å². The summed E-state index contributed by atoms with van der Waals surface area (Å²) in [5.41, 5.74) is 8.70. The summed E-state index contributed by atoms with van der Waals surface area (Å²) >= 11 is 1.29. The summed E-state index contributed by atoms with van der Waals surface area (Å²) in [5.74, 6) is -0.345. The van der Waals surface area contributed by atoms with Gasteiger partial charge < -0.3 is 10.6 Å². The van der Waals surface area contributed by atoms with E-state index in [-0.39, 0.29) is 29.7 Å². The summed E-state index contributed by atoms with van der Waals surface area (Å²) in [5, 5.41) is 1.80. The second-order valence-corrected chi connectivity index (χ2v) is 9.05. The summed E-state index contributed by atoms with van der Waals surface area (Å²) in [6, 6.07) is 17.2. The molecule has 2 aromatic carbocycles. The average Bonchev–Trinajstić information content (AvgIpc) is 2.81. The first kappa shape index (κ1) is 23.3. The second kappa shape index (κ2) is 9.56. The third-order valence-corrected chi connectivity index (χ3v) is 6.57. The van der Waals surface area contributed by atoms with Crippen molar-refractivity contribution in [1.82, 2.24) is 14.5 Å². The summed E-state index contributed by atoms with van der Waals surface area (Å²) < 4.78 is 1.25. The maximum atomic E-state index is 13.0. The Hall–Kier alpha value is -3.85. The molecule has 0 bridgehead atoms. The molecule has 0 aliphatic carbocycles. The van der Waals surface area contributed by atoms with Gasteiger partial charge in [0.15, 0.2) is 5.69 Å². The van der Waals surface area contributed by atoms with E-state index in [9.17, 15) is 14.4 Å². The van der Waals surface area contributed by atoms with Crippen LogP contribution < -0.4 is 21.9 Å². The molecule has 0 saturated heterocycles. The first-order chi connectivity index (χ1) is 16.3. The number of aromatic amines is 1. The van der Waals surface area contributed by atoms with Crippen LogP contribution in [0.2, 0.25) is 0 Å². The largest absolute Gasteiger partial charge is 0.383 e. The van der Waals surface area contributed by atoms with Crippen LogP contribution in [0.5, 0.6) is 0 Å². The average molecular weight is 476 g/mol. The second-order valence-electron chi connectivity index (χ2n) is 8.05. The maximum Gasteiger partial charge on any atom is 0.330 e. The van der Waals surface area contributed by atoms with Crippen molar-refractivity contribution in [3.05, 3.63) is 92.1 Å². The number of nitrogens with two attached hydrogens (primary N) is 1. The van der Waals surface area contributed by atoms with Crippen LogP contribution in [0.3, 0.4) is 0 Å². The van der Waals surface area contributed by atoms with Crippen LogP contribution in [-0.2, 0) is 11.3 Å². The van der Waals surface area contributed by atoms with E-state index in [1.165, 1.54) is 28.3 Å². The summed E-state index contributed by atoms with van der Waals surface area (Å²) in [4.78, 5) is 46.1. The van der Waals surface area contributed by atoms with Crippen molar-refractivity contribution in [1.29, 1.82) is 0 Å². The molecule has 1 amide bonds. The summed E-state index contributed by atoms with van der Waals surface area (Å²) in [7, 11) is 1.48. The molecular formula is C25H25N5O3S.